The highest BCUT2D eigenvalue weighted by Gasteiger charge is 2.16. The molecule has 0 saturated heterocycles. The summed E-state index contributed by atoms with van der Waals surface area (Å²) in [5.74, 6) is 0. The van der Waals surface area contributed by atoms with Crippen LogP contribution in [0.5, 0.6) is 0 Å². The first-order valence-electron chi connectivity index (χ1n) is 13.3. The van der Waals surface area contributed by atoms with E-state index in [1.54, 1.807) is 0 Å². The van der Waals surface area contributed by atoms with Gasteiger partial charge in [0.05, 0.1) is 0 Å². The number of hydrogen-bond donors (Lipinski definition) is 3. The summed E-state index contributed by atoms with van der Waals surface area (Å²) < 4.78 is 33.9. The van der Waals surface area contributed by atoms with E-state index in [9.17, 15) is 28.4 Å². The molecule has 34 heavy (non-hydrogen) atoms. The lowest BCUT2D eigenvalue weighted by Gasteiger charge is -2.09. The van der Waals surface area contributed by atoms with Crippen LogP contribution >= 0.6 is 22.1 Å². The zero-order valence-corrected chi connectivity index (χ0v) is 25.3. The largest absolute Gasteiger partial charge is 0.344 e. The van der Waals surface area contributed by atoms with Gasteiger partial charge in [-0.1, -0.05) is 80.1 Å². The molecule has 0 aliphatic carbocycles. The Balaban J connectivity index is -0.000000196. The molecular formula is C24H60AlO6P3. The molecule has 0 aromatic carbocycles. The van der Waals surface area contributed by atoms with Crippen LogP contribution in [0.3, 0.4) is 0 Å². The average Bonchev–Trinajstić information content (AvgIpc) is 2.77. The van der Waals surface area contributed by atoms with Gasteiger partial charge in [-0.25, -0.2) is 0 Å². The van der Waals surface area contributed by atoms with E-state index in [-0.39, 0.29) is 17.4 Å². The van der Waals surface area contributed by atoms with Crippen molar-refractivity contribution in [3.63, 3.8) is 0 Å². The lowest BCUT2D eigenvalue weighted by atomic mass is 10.4. The predicted molar refractivity (Wildman–Crippen MR) is 158 cm³/mol. The quantitative estimate of drug-likeness (QED) is 0.118. The number of unbranched alkanes of at least 4 members (excludes halogenated alkanes) is 6. The van der Waals surface area contributed by atoms with Crippen molar-refractivity contribution >= 4 is 39.5 Å². The van der Waals surface area contributed by atoms with Crippen molar-refractivity contribution in [3.8, 4) is 0 Å². The summed E-state index contributed by atoms with van der Waals surface area (Å²) in [4.78, 5) is 28.0. The summed E-state index contributed by atoms with van der Waals surface area (Å²) in [7, 11) is -8.18. The molecule has 3 N–H and O–H groups in total. The van der Waals surface area contributed by atoms with E-state index in [1.807, 2.05) is 41.5 Å². The van der Waals surface area contributed by atoms with E-state index >= 15 is 0 Å². The Morgan fingerprint density at radius 3 is 0.588 bits per heavy atom. The van der Waals surface area contributed by atoms with Crippen LogP contribution in [0, 0.1) is 0 Å². The first-order valence-corrected chi connectivity index (χ1v) is 19.4. The van der Waals surface area contributed by atoms with Crippen LogP contribution in [0.1, 0.15) is 119 Å². The molecule has 10 heteroatoms. The van der Waals surface area contributed by atoms with Crippen LogP contribution in [0.2, 0.25) is 0 Å². The summed E-state index contributed by atoms with van der Waals surface area (Å²) in [5, 5.41) is 0. The number of rotatable bonds is 18. The van der Waals surface area contributed by atoms with Crippen LogP contribution in [0.4, 0.5) is 0 Å². The molecule has 0 radical (unpaired) electrons. The first-order chi connectivity index (χ1) is 15.4. The second-order valence-electron chi connectivity index (χ2n) is 9.00. The van der Waals surface area contributed by atoms with Gasteiger partial charge in [-0.05, 0) is 38.5 Å². The van der Waals surface area contributed by atoms with Gasteiger partial charge < -0.3 is 14.7 Å². The Labute approximate surface area is 223 Å². The predicted octanol–water partition coefficient (Wildman–Crippen LogP) is 7.39. The maximum atomic E-state index is 11.3. The lowest BCUT2D eigenvalue weighted by molar-refractivity contribution is 0.471. The molecule has 0 bridgehead atoms. The van der Waals surface area contributed by atoms with Gasteiger partial charge in [-0.15, -0.1) is 0 Å². The summed E-state index contributed by atoms with van der Waals surface area (Å²) in [5.41, 5.74) is 0. The maximum Gasteiger partial charge on any atom is 0.200 e. The highest BCUT2D eigenvalue weighted by Crippen LogP contribution is 2.43. The lowest BCUT2D eigenvalue weighted by Crippen LogP contribution is -1.93. The van der Waals surface area contributed by atoms with Crippen LogP contribution in [-0.4, -0.2) is 69.0 Å². The molecule has 0 atom stereocenters. The molecule has 0 amide bonds. The topological polar surface area (TPSA) is 112 Å². The van der Waals surface area contributed by atoms with Gasteiger partial charge in [-0.2, -0.15) is 0 Å². The van der Waals surface area contributed by atoms with E-state index < -0.39 is 22.1 Å². The molecule has 0 spiro atoms. The van der Waals surface area contributed by atoms with Crippen LogP contribution in [-0.2, 0) is 13.7 Å². The normalized spacial score (nSPS) is 11.6. The molecule has 0 fully saturated rings. The molecule has 0 aliphatic heterocycles. The number of hydrogen-bond acceptors (Lipinski definition) is 3. The zero-order chi connectivity index (χ0) is 26.2. The van der Waals surface area contributed by atoms with E-state index in [0.29, 0.717) is 37.0 Å². The van der Waals surface area contributed by atoms with E-state index in [1.165, 1.54) is 0 Å². The first kappa shape index (κ1) is 42.2. The van der Waals surface area contributed by atoms with Crippen LogP contribution in [0.15, 0.2) is 0 Å². The maximum absolute atomic E-state index is 11.3. The fraction of sp³-hybridized carbons (Fsp3) is 1.00. The Bertz CT molecular complexity index is 449. The monoisotopic (exact) mass is 564 g/mol. The molecule has 0 heterocycles. The van der Waals surface area contributed by atoms with E-state index in [2.05, 4.69) is 0 Å². The van der Waals surface area contributed by atoms with Crippen LogP contribution < -0.4 is 0 Å². The molecule has 0 rings (SSSR count). The van der Waals surface area contributed by atoms with Crippen molar-refractivity contribution < 1.29 is 28.4 Å². The highest BCUT2D eigenvalue weighted by atomic mass is 31.2. The van der Waals surface area contributed by atoms with Gasteiger partial charge in [-0.3, -0.25) is 13.7 Å². The summed E-state index contributed by atoms with van der Waals surface area (Å²) >= 11 is 0. The van der Waals surface area contributed by atoms with Crippen LogP contribution in [0.25, 0.3) is 0 Å². The van der Waals surface area contributed by atoms with Gasteiger partial charge in [0.15, 0.2) is 17.4 Å². The second-order valence-corrected chi connectivity index (χ2v) is 16.8. The third kappa shape index (κ3) is 35.3. The minimum atomic E-state index is -2.73. The molecule has 210 valence electrons. The van der Waals surface area contributed by atoms with Gasteiger partial charge in [0, 0.05) is 37.0 Å². The third-order valence-electron chi connectivity index (χ3n) is 5.17. The summed E-state index contributed by atoms with van der Waals surface area (Å²) in [6.45, 7) is 12.2. The standard InChI is InChI=1S/3C8H19O2P.Al.3H/c3*1-3-5-7-11(9,10)8-6-4-2;;;;/h3*3-8H2,1-2H3,(H,9,10);;;;. The van der Waals surface area contributed by atoms with Crippen molar-refractivity contribution in [2.75, 3.05) is 37.0 Å². The molecule has 0 unspecified atom stereocenters. The van der Waals surface area contributed by atoms with E-state index in [0.717, 1.165) is 77.0 Å². The molecular weight excluding hydrogens is 504 g/mol. The zero-order valence-electron chi connectivity index (χ0n) is 22.6. The Morgan fingerprint density at radius 2 is 0.500 bits per heavy atom. The third-order valence-corrected chi connectivity index (χ3v) is 11.3. The SMILES string of the molecule is CCCCP(=O)(O)CCCC.CCCCP(=O)(O)CCCC.CCCCP(=O)(O)CCCC.[AlH3]. The Kier molecular flexibility index (Phi) is 33.7. The van der Waals surface area contributed by atoms with Crippen molar-refractivity contribution in [1.29, 1.82) is 0 Å². The molecule has 0 saturated carbocycles. The van der Waals surface area contributed by atoms with E-state index in [4.69, 9.17) is 0 Å². The van der Waals surface area contributed by atoms with Crippen molar-refractivity contribution in [3.05, 3.63) is 0 Å². The van der Waals surface area contributed by atoms with Crippen molar-refractivity contribution in [2.24, 2.45) is 0 Å². The average molecular weight is 565 g/mol. The summed E-state index contributed by atoms with van der Waals surface area (Å²) in [6, 6.07) is 0. The van der Waals surface area contributed by atoms with Crippen molar-refractivity contribution in [1.82, 2.24) is 0 Å². The summed E-state index contributed by atoms with van der Waals surface area (Å²) in [6.07, 6.45) is 14.5. The van der Waals surface area contributed by atoms with Gasteiger partial charge >= 0.3 is 0 Å². The Hall–Kier alpha value is 1.10. The highest BCUT2D eigenvalue weighted by molar-refractivity contribution is 7.58. The molecule has 6 nitrogen and oxygen atoms in total. The fourth-order valence-electron chi connectivity index (χ4n) is 2.77. The molecule has 0 aromatic heterocycles. The van der Waals surface area contributed by atoms with Gasteiger partial charge in [0.25, 0.3) is 0 Å². The fourth-order valence-corrected chi connectivity index (χ4v) is 8.30. The minimum Gasteiger partial charge on any atom is -0.344 e. The van der Waals surface area contributed by atoms with Gasteiger partial charge in [0.2, 0.25) is 22.1 Å². The minimum absolute atomic E-state index is 0. The molecule has 0 aliphatic rings. The van der Waals surface area contributed by atoms with Gasteiger partial charge in [0.1, 0.15) is 0 Å². The second kappa shape index (κ2) is 27.1. The smallest absolute Gasteiger partial charge is 0.200 e. The van der Waals surface area contributed by atoms with Crippen molar-refractivity contribution in [2.45, 2.75) is 119 Å². The Morgan fingerprint density at radius 1 is 0.382 bits per heavy atom. The molecule has 0 aromatic rings.